The van der Waals surface area contributed by atoms with Crippen LogP contribution in [0.4, 0.5) is 23.2 Å². The lowest BCUT2D eigenvalue weighted by Crippen LogP contribution is -2.47. The number of carbonyl (C=O) groups excluding carboxylic acids is 2. The maximum Gasteiger partial charge on any atom is 0.501 e. The number of allylic oxidation sites excluding steroid dienone is 1. The van der Waals surface area contributed by atoms with Crippen molar-refractivity contribution < 1.29 is 35.6 Å². The maximum atomic E-state index is 13.5. The molecule has 34 heavy (non-hydrogen) atoms. The van der Waals surface area contributed by atoms with Crippen molar-refractivity contribution in [2.75, 3.05) is 5.32 Å². The zero-order valence-corrected chi connectivity index (χ0v) is 19.5. The molecule has 0 radical (unpaired) electrons. The van der Waals surface area contributed by atoms with Gasteiger partial charge in [-0.2, -0.15) is 13.2 Å². The highest BCUT2D eigenvalue weighted by Crippen LogP contribution is 2.44. The van der Waals surface area contributed by atoms with E-state index in [0.717, 1.165) is 24.3 Å². The second-order valence-corrected chi connectivity index (χ2v) is 10.9. The molecule has 1 saturated carbocycles. The number of nitrogens with one attached hydrogen (secondary N) is 2. The lowest BCUT2D eigenvalue weighted by atomic mass is 9.87. The quantitative estimate of drug-likeness (QED) is 0.417. The van der Waals surface area contributed by atoms with E-state index >= 15 is 0 Å². The Balaban J connectivity index is 1.53. The average Bonchev–Trinajstić information content (AvgIpc) is 3.36. The predicted molar refractivity (Wildman–Crippen MR) is 118 cm³/mol. The van der Waals surface area contributed by atoms with Gasteiger partial charge in [-0.1, -0.05) is 18.2 Å². The highest BCUT2D eigenvalue weighted by Gasteiger charge is 2.49. The van der Waals surface area contributed by atoms with Crippen molar-refractivity contribution in [3.8, 4) is 0 Å². The van der Waals surface area contributed by atoms with Gasteiger partial charge in [0.25, 0.3) is 15.7 Å². The summed E-state index contributed by atoms with van der Waals surface area (Å²) in [5, 5.41) is 5.29. The molecule has 0 spiro atoms. The summed E-state index contributed by atoms with van der Waals surface area (Å²) >= 11 is 3.02. The molecule has 0 aliphatic heterocycles. The van der Waals surface area contributed by atoms with Crippen molar-refractivity contribution in [2.24, 2.45) is 17.8 Å². The standard InChI is InChI=1S/C22H17BrF4N2O4S/c23-16-9-13(6-7-17(16)24)20(30)29-19-12-5-4-11(8-12)18(19)21(31)28-14-2-1-3-15(10-14)34(32,33)22(25,26)27/h1-7,9-12,18-19H,8H2,(H,28,31)(H,29,30)/t11-,12+,18+,19-/m1/s1. The van der Waals surface area contributed by atoms with Crippen LogP contribution in [0.3, 0.4) is 0 Å². The van der Waals surface area contributed by atoms with E-state index in [1.807, 2.05) is 12.2 Å². The van der Waals surface area contributed by atoms with Gasteiger partial charge in [0, 0.05) is 17.3 Å². The van der Waals surface area contributed by atoms with Crippen molar-refractivity contribution in [2.45, 2.75) is 22.9 Å². The molecule has 0 saturated heterocycles. The third-order valence-corrected chi connectivity index (χ3v) is 8.05. The minimum Gasteiger partial charge on any atom is -0.348 e. The first-order valence-electron chi connectivity index (χ1n) is 10.0. The fourth-order valence-corrected chi connectivity index (χ4v) is 5.53. The van der Waals surface area contributed by atoms with Crippen molar-refractivity contribution in [3.63, 3.8) is 0 Å². The molecule has 2 bridgehead atoms. The monoisotopic (exact) mass is 560 g/mol. The summed E-state index contributed by atoms with van der Waals surface area (Å²) in [6.07, 6.45) is 4.33. The highest BCUT2D eigenvalue weighted by molar-refractivity contribution is 9.10. The summed E-state index contributed by atoms with van der Waals surface area (Å²) in [4.78, 5) is 24.8. The van der Waals surface area contributed by atoms with E-state index in [0.29, 0.717) is 6.42 Å². The predicted octanol–water partition coefficient (Wildman–Crippen LogP) is 4.44. The van der Waals surface area contributed by atoms with Gasteiger partial charge in [0.15, 0.2) is 0 Å². The SMILES string of the molecule is O=C(N[C@H]1[C@@H](C(=O)Nc2cccc(S(=O)(=O)C(F)(F)F)c2)[C@@H]2C=C[C@H]1C2)c1ccc(F)c(Br)c1. The molecule has 180 valence electrons. The minimum atomic E-state index is -5.58. The average molecular weight is 561 g/mol. The lowest BCUT2D eigenvalue weighted by Gasteiger charge is -2.28. The summed E-state index contributed by atoms with van der Waals surface area (Å²) in [6.45, 7) is 0. The van der Waals surface area contributed by atoms with Gasteiger partial charge in [0.05, 0.1) is 15.3 Å². The number of amides is 2. The fourth-order valence-electron chi connectivity index (χ4n) is 4.35. The van der Waals surface area contributed by atoms with Crippen LogP contribution in [-0.4, -0.2) is 31.8 Å². The Bertz CT molecular complexity index is 1300. The third kappa shape index (κ3) is 4.48. The summed E-state index contributed by atoms with van der Waals surface area (Å²) < 4.78 is 75.6. The van der Waals surface area contributed by atoms with Gasteiger partial charge in [0.2, 0.25) is 5.91 Å². The molecule has 2 aromatic carbocycles. The molecule has 1 fully saturated rings. The van der Waals surface area contributed by atoms with Crippen molar-refractivity contribution in [1.82, 2.24) is 5.32 Å². The normalized spacial score (nSPS) is 23.7. The fraction of sp³-hybridized carbons (Fsp3) is 0.273. The van der Waals surface area contributed by atoms with E-state index in [-0.39, 0.29) is 27.6 Å². The molecule has 0 aromatic heterocycles. The van der Waals surface area contributed by atoms with E-state index in [1.54, 1.807) is 0 Å². The molecule has 4 rings (SSSR count). The van der Waals surface area contributed by atoms with E-state index in [1.165, 1.54) is 18.2 Å². The van der Waals surface area contributed by atoms with E-state index in [2.05, 4.69) is 26.6 Å². The van der Waals surface area contributed by atoms with Gasteiger partial charge in [-0.05, 0) is 70.6 Å². The van der Waals surface area contributed by atoms with Crippen LogP contribution in [0, 0.1) is 23.6 Å². The van der Waals surface area contributed by atoms with Gasteiger partial charge in [-0.25, -0.2) is 12.8 Å². The zero-order chi connectivity index (χ0) is 24.8. The maximum absolute atomic E-state index is 13.5. The Hall–Kier alpha value is -2.73. The molecular weight excluding hydrogens is 544 g/mol. The number of sulfone groups is 1. The van der Waals surface area contributed by atoms with Crippen LogP contribution in [0.25, 0.3) is 0 Å². The number of rotatable bonds is 5. The molecule has 0 heterocycles. The van der Waals surface area contributed by atoms with Crippen molar-refractivity contribution in [1.29, 1.82) is 0 Å². The van der Waals surface area contributed by atoms with Crippen LogP contribution in [0.2, 0.25) is 0 Å². The van der Waals surface area contributed by atoms with Gasteiger partial charge >= 0.3 is 5.51 Å². The Labute approximate surface area is 200 Å². The molecule has 2 aliphatic carbocycles. The van der Waals surface area contributed by atoms with Gasteiger partial charge < -0.3 is 10.6 Å². The summed E-state index contributed by atoms with van der Waals surface area (Å²) in [6, 6.07) is 7.06. The smallest absolute Gasteiger partial charge is 0.348 e. The van der Waals surface area contributed by atoms with Crippen molar-refractivity contribution >= 4 is 43.3 Å². The molecule has 4 atom stereocenters. The second-order valence-electron chi connectivity index (χ2n) is 8.07. The number of hydrogen-bond acceptors (Lipinski definition) is 4. The molecule has 2 N–H and O–H groups in total. The molecule has 0 unspecified atom stereocenters. The first-order chi connectivity index (χ1) is 15.9. The topological polar surface area (TPSA) is 92.3 Å². The Morgan fingerprint density at radius 1 is 1.03 bits per heavy atom. The number of alkyl halides is 3. The molecule has 2 aromatic rings. The first-order valence-corrected chi connectivity index (χ1v) is 12.3. The first kappa shape index (κ1) is 24.4. The summed E-state index contributed by atoms with van der Waals surface area (Å²) in [5.41, 5.74) is -5.41. The number of fused-ring (bicyclic) bond motifs is 2. The second kappa shape index (κ2) is 8.81. The molecule has 2 amide bonds. The Morgan fingerprint density at radius 2 is 1.74 bits per heavy atom. The van der Waals surface area contributed by atoms with Crippen LogP contribution < -0.4 is 10.6 Å². The number of halogens is 5. The van der Waals surface area contributed by atoms with E-state index in [9.17, 15) is 35.6 Å². The Kier molecular flexibility index (Phi) is 6.32. The molecule has 6 nitrogen and oxygen atoms in total. The molecule has 12 heteroatoms. The van der Waals surface area contributed by atoms with Crippen LogP contribution in [-0.2, 0) is 14.6 Å². The largest absolute Gasteiger partial charge is 0.501 e. The highest BCUT2D eigenvalue weighted by atomic mass is 79.9. The van der Waals surface area contributed by atoms with Gasteiger partial charge in [-0.15, -0.1) is 0 Å². The minimum absolute atomic E-state index is 0.107. The number of anilines is 1. The Morgan fingerprint density at radius 3 is 2.41 bits per heavy atom. The molecular formula is C22H17BrF4N2O4S. The molecule has 2 aliphatic rings. The lowest BCUT2D eigenvalue weighted by molar-refractivity contribution is -0.121. The van der Waals surface area contributed by atoms with Crippen LogP contribution in [0.15, 0.2) is 64.0 Å². The summed E-state index contributed by atoms with van der Waals surface area (Å²) in [7, 11) is -5.58. The van der Waals surface area contributed by atoms with Gasteiger partial charge in [-0.3, -0.25) is 9.59 Å². The van der Waals surface area contributed by atoms with Gasteiger partial charge in [0.1, 0.15) is 5.82 Å². The third-order valence-electron chi connectivity index (χ3n) is 5.96. The number of benzene rings is 2. The number of carbonyl (C=O) groups is 2. The van der Waals surface area contributed by atoms with E-state index in [4.69, 9.17) is 0 Å². The summed E-state index contributed by atoms with van der Waals surface area (Å²) in [5.74, 6) is -2.69. The van der Waals surface area contributed by atoms with Crippen LogP contribution in [0.5, 0.6) is 0 Å². The van der Waals surface area contributed by atoms with Crippen LogP contribution >= 0.6 is 15.9 Å². The zero-order valence-electron chi connectivity index (χ0n) is 17.1. The van der Waals surface area contributed by atoms with Crippen LogP contribution in [0.1, 0.15) is 16.8 Å². The van der Waals surface area contributed by atoms with Crippen molar-refractivity contribution in [3.05, 3.63) is 70.5 Å². The van der Waals surface area contributed by atoms with E-state index < -0.39 is 49.8 Å². The number of hydrogen-bond donors (Lipinski definition) is 2.